The van der Waals surface area contributed by atoms with E-state index in [1.54, 1.807) is 18.5 Å². The third-order valence-corrected chi connectivity index (χ3v) is 3.66. The van der Waals surface area contributed by atoms with Gasteiger partial charge in [-0.25, -0.2) is 4.39 Å². The van der Waals surface area contributed by atoms with Gasteiger partial charge in [0.2, 0.25) is 0 Å². The Morgan fingerprint density at radius 3 is 3.00 bits per heavy atom. The van der Waals surface area contributed by atoms with Crippen LogP contribution in [0.3, 0.4) is 0 Å². The molecule has 1 aliphatic rings. The van der Waals surface area contributed by atoms with E-state index < -0.39 is 0 Å². The Bertz CT molecular complexity index is 586. The molecule has 0 bridgehead atoms. The minimum absolute atomic E-state index is 0.154. The molecule has 1 heterocycles. The van der Waals surface area contributed by atoms with Crippen LogP contribution in [-0.2, 0) is 6.42 Å². The molecule has 18 heavy (non-hydrogen) atoms. The van der Waals surface area contributed by atoms with Crippen LogP contribution in [0.4, 0.5) is 10.1 Å². The van der Waals surface area contributed by atoms with Crippen molar-refractivity contribution >= 4 is 21.6 Å². The molecule has 1 atom stereocenters. The van der Waals surface area contributed by atoms with E-state index in [-0.39, 0.29) is 11.9 Å². The number of hydrogen-bond acceptors (Lipinski definition) is 2. The molecule has 0 aliphatic heterocycles. The van der Waals surface area contributed by atoms with Crippen LogP contribution >= 0.6 is 15.9 Å². The van der Waals surface area contributed by atoms with Crippen LogP contribution < -0.4 is 5.32 Å². The average Bonchev–Trinajstić information content (AvgIpc) is 2.72. The number of anilines is 1. The first-order valence-corrected chi connectivity index (χ1v) is 6.67. The van der Waals surface area contributed by atoms with Crippen molar-refractivity contribution in [1.82, 2.24) is 4.98 Å². The van der Waals surface area contributed by atoms with Gasteiger partial charge in [0.25, 0.3) is 0 Å². The monoisotopic (exact) mass is 306 g/mol. The molecule has 0 radical (unpaired) electrons. The van der Waals surface area contributed by atoms with Gasteiger partial charge in [0.1, 0.15) is 5.82 Å². The van der Waals surface area contributed by atoms with Crippen molar-refractivity contribution in [2.24, 2.45) is 0 Å². The Morgan fingerprint density at radius 1 is 1.28 bits per heavy atom. The molecule has 1 aliphatic carbocycles. The number of benzene rings is 1. The fourth-order valence-corrected chi connectivity index (χ4v) is 2.79. The summed E-state index contributed by atoms with van der Waals surface area (Å²) in [6.07, 6.45) is 5.47. The van der Waals surface area contributed by atoms with E-state index in [1.165, 1.54) is 11.6 Å². The Labute approximate surface area is 113 Å². The van der Waals surface area contributed by atoms with E-state index in [0.717, 1.165) is 28.6 Å². The smallest absolute Gasteiger partial charge is 0.123 e. The van der Waals surface area contributed by atoms with Crippen LogP contribution in [0.1, 0.15) is 23.6 Å². The molecule has 0 saturated carbocycles. The summed E-state index contributed by atoms with van der Waals surface area (Å²) in [5.74, 6) is -0.154. The lowest BCUT2D eigenvalue weighted by molar-refractivity contribution is 0.626. The highest BCUT2D eigenvalue weighted by Gasteiger charge is 2.22. The zero-order chi connectivity index (χ0) is 12.5. The molecule has 0 amide bonds. The second-order valence-electron chi connectivity index (χ2n) is 4.47. The number of hydrogen-bond donors (Lipinski definition) is 1. The number of pyridine rings is 1. The molecule has 2 aromatic rings. The van der Waals surface area contributed by atoms with E-state index in [2.05, 4.69) is 26.2 Å². The third kappa shape index (κ3) is 2.25. The van der Waals surface area contributed by atoms with Gasteiger partial charge in [-0.3, -0.25) is 4.98 Å². The lowest BCUT2D eigenvalue weighted by atomic mass is 10.1. The normalized spacial score (nSPS) is 17.6. The van der Waals surface area contributed by atoms with Crippen molar-refractivity contribution in [1.29, 1.82) is 0 Å². The Hall–Kier alpha value is -1.42. The zero-order valence-corrected chi connectivity index (χ0v) is 11.2. The Kier molecular flexibility index (Phi) is 3.04. The summed E-state index contributed by atoms with van der Waals surface area (Å²) in [5, 5.41) is 3.44. The van der Waals surface area contributed by atoms with Crippen LogP contribution in [0.2, 0.25) is 0 Å². The van der Waals surface area contributed by atoms with Crippen molar-refractivity contribution in [3.8, 4) is 0 Å². The van der Waals surface area contributed by atoms with Crippen LogP contribution in [0, 0.1) is 5.82 Å². The number of aryl methyl sites for hydroxylation is 1. The molecule has 1 unspecified atom stereocenters. The maximum atomic E-state index is 13.1. The summed E-state index contributed by atoms with van der Waals surface area (Å²) in [6.45, 7) is 0. The number of nitrogens with one attached hydrogen (secondary N) is 1. The summed E-state index contributed by atoms with van der Waals surface area (Å²) in [6, 6.07) is 7.28. The van der Waals surface area contributed by atoms with Crippen LogP contribution in [0.25, 0.3) is 0 Å². The number of rotatable bonds is 2. The summed E-state index contributed by atoms with van der Waals surface area (Å²) in [5.41, 5.74) is 3.28. The molecule has 3 rings (SSSR count). The fraction of sp³-hybridized carbons (Fsp3) is 0.214. The average molecular weight is 307 g/mol. The van der Waals surface area contributed by atoms with Gasteiger partial charge in [-0.05, 0) is 58.1 Å². The van der Waals surface area contributed by atoms with Gasteiger partial charge in [0.15, 0.2) is 0 Å². The molecule has 0 spiro atoms. The molecule has 4 heteroatoms. The quantitative estimate of drug-likeness (QED) is 0.904. The van der Waals surface area contributed by atoms with Gasteiger partial charge < -0.3 is 5.32 Å². The van der Waals surface area contributed by atoms with E-state index in [9.17, 15) is 4.39 Å². The van der Waals surface area contributed by atoms with Gasteiger partial charge in [0, 0.05) is 10.7 Å². The van der Waals surface area contributed by atoms with E-state index in [4.69, 9.17) is 0 Å². The number of halogens is 2. The van der Waals surface area contributed by atoms with Crippen molar-refractivity contribution in [2.45, 2.75) is 18.9 Å². The van der Waals surface area contributed by atoms with Crippen LogP contribution in [0.5, 0.6) is 0 Å². The first kappa shape index (κ1) is 11.7. The maximum absolute atomic E-state index is 13.1. The van der Waals surface area contributed by atoms with Crippen molar-refractivity contribution in [3.05, 3.63) is 58.1 Å². The predicted octanol–water partition coefficient (Wildman–Crippen LogP) is 4.08. The fourth-order valence-electron chi connectivity index (χ4n) is 2.43. The standard InChI is InChI=1S/C14H12BrFN2/c15-10-6-12(8-17-7-10)18-14-4-1-9-5-11(16)2-3-13(9)14/h2-3,5-8,14,18H,1,4H2. The summed E-state index contributed by atoms with van der Waals surface area (Å²) in [7, 11) is 0. The third-order valence-electron chi connectivity index (χ3n) is 3.23. The van der Waals surface area contributed by atoms with Crippen LogP contribution in [0.15, 0.2) is 41.1 Å². The first-order valence-electron chi connectivity index (χ1n) is 5.88. The second kappa shape index (κ2) is 4.69. The lowest BCUT2D eigenvalue weighted by Gasteiger charge is -2.15. The van der Waals surface area contributed by atoms with Gasteiger partial charge in [-0.2, -0.15) is 0 Å². The molecular weight excluding hydrogens is 295 g/mol. The van der Waals surface area contributed by atoms with Crippen molar-refractivity contribution in [2.75, 3.05) is 5.32 Å². The SMILES string of the molecule is Fc1ccc2c(c1)CCC2Nc1cncc(Br)c1. The molecular formula is C14H12BrFN2. The van der Waals surface area contributed by atoms with E-state index in [0.29, 0.717) is 0 Å². The molecule has 1 aromatic heterocycles. The zero-order valence-electron chi connectivity index (χ0n) is 9.66. The first-order chi connectivity index (χ1) is 8.72. The van der Waals surface area contributed by atoms with Crippen molar-refractivity contribution < 1.29 is 4.39 Å². The highest BCUT2D eigenvalue weighted by atomic mass is 79.9. The van der Waals surface area contributed by atoms with Crippen molar-refractivity contribution in [3.63, 3.8) is 0 Å². The van der Waals surface area contributed by atoms with Gasteiger partial charge >= 0.3 is 0 Å². The van der Waals surface area contributed by atoms with Gasteiger partial charge in [-0.1, -0.05) is 6.07 Å². The number of fused-ring (bicyclic) bond motifs is 1. The topological polar surface area (TPSA) is 24.9 Å². The van der Waals surface area contributed by atoms with E-state index in [1.807, 2.05) is 12.1 Å². The minimum atomic E-state index is -0.154. The summed E-state index contributed by atoms with van der Waals surface area (Å²) >= 11 is 3.40. The van der Waals surface area contributed by atoms with E-state index >= 15 is 0 Å². The van der Waals surface area contributed by atoms with Crippen LogP contribution in [-0.4, -0.2) is 4.98 Å². The van der Waals surface area contributed by atoms with Gasteiger partial charge in [0.05, 0.1) is 17.9 Å². The maximum Gasteiger partial charge on any atom is 0.123 e. The lowest BCUT2D eigenvalue weighted by Crippen LogP contribution is -2.07. The second-order valence-corrected chi connectivity index (χ2v) is 5.39. The Balaban J connectivity index is 1.85. The summed E-state index contributed by atoms with van der Waals surface area (Å²) in [4.78, 5) is 4.13. The minimum Gasteiger partial charge on any atom is -0.377 e. The summed E-state index contributed by atoms with van der Waals surface area (Å²) < 4.78 is 14.1. The molecule has 92 valence electrons. The molecule has 1 N–H and O–H groups in total. The number of aromatic nitrogens is 1. The highest BCUT2D eigenvalue weighted by molar-refractivity contribution is 9.10. The molecule has 2 nitrogen and oxygen atoms in total. The Morgan fingerprint density at radius 2 is 2.17 bits per heavy atom. The predicted molar refractivity (Wildman–Crippen MR) is 73.0 cm³/mol. The molecule has 1 aromatic carbocycles. The molecule has 0 saturated heterocycles. The number of nitrogens with zero attached hydrogens (tertiary/aromatic N) is 1. The molecule has 0 fully saturated rings. The van der Waals surface area contributed by atoms with Gasteiger partial charge in [-0.15, -0.1) is 0 Å². The largest absolute Gasteiger partial charge is 0.377 e. The highest BCUT2D eigenvalue weighted by Crippen LogP contribution is 2.34.